The SMILES string of the molecule is COCc1cc(=O)c(O)c([C@@H](CC(=O)OC)c2ccc(OC)cc2F)o1. The minimum atomic E-state index is -1.07. The number of methoxy groups -OCH3 is 3. The largest absolute Gasteiger partial charge is 0.502 e. The van der Waals surface area contributed by atoms with E-state index in [4.69, 9.17) is 13.9 Å². The van der Waals surface area contributed by atoms with E-state index in [1.807, 2.05) is 0 Å². The fraction of sp³-hybridized carbons (Fsp3) is 0.333. The molecule has 0 aliphatic carbocycles. The Morgan fingerprint density at radius 3 is 2.58 bits per heavy atom. The molecule has 2 aromatic rings. The van der Waals surface area contributed by atoms with Gasteiger partial charge in [0.15, 0.2) is 5.76 Å². The second-order valence-corrected chi connectivity index (χ2v) is 5.44. The van der Waals surface area contributed by atoms with Gasteiger partial charge in [0, 0.05) is 19.2 Å². The number of hydrogen-bond donors (Lipinski definition) is 1. The molecular formula is C18H19FO7. The molecule has 1 aromatic carbocycles. The van der Waals surface area contributed by atoms with Gasteiger partial charge in [0.2, 0.25) is 11.2 Å². The lowest BCUT2D eigenvalue weighted by atomic mass is 9.91. The predicted octanol–water partition coefficient (Wildman–Crippen LogP) is 2.33. The van der Waals surface area contributed by atoms with Crippen LogP contribution in [0.5, 0.6) is 11.5 Å². The van der Waals surface area contributed by atoms with Crippen molar-refractivity contribution in [2.45, 2.75) is 18.9 Å². The Hall–Kier alpha value is -2.87. The van der Waals surface area contributed by atoms with Gasteiger partial charge in [-0.25, -0.2) is 4.39 Å². The van der Waals surface area contributed by atoms with Gasteiger partial charge in [0.25, 0.3) is 0 Å². The minimum Gasteiger partial charge on any atom is -0.502 e. The van der Waals surface area contributed by atoms with Crippen molar-refractivity contribution in [1.82, 2.24) is 0 Å². The molecule has 1 heterocycles. The van der Waals surface area contributed by atoms with E-state index >= 15 is 0 Å². The lowest BCUT2D eigenvalue weighted by Gasteiger charge is -2.18. The van der Waals surface area contributed by atoms with Crippen molar-refractivity contribution >= 4 is 5.97 Å². The zero-order chi connectivity index (χ0) is 19.3. The van der Waals surface area contributed by atoms with Crippen LogP contribution >= 0.6 is 0 Å². The van der Waals surface area contributed by atoms with Crippen molar-refractivity contribution in [3.05, 3.63) is 57.4 Å². The molecule has 140 valence electrons. The number of halogens is 1. The number of hydrogen-bond acceptors (Lipinski definition) is 7. The lowest BCUT2D eigenvalue weighted by molar-refractivity contribution is -0.140. The van der Waals surface area contributed by atoms with Gasteiger partial charge in [-0.3, -0.25) is 9.59 Å². The van der Waals surface area contributed by atoms with Crippen molar-refractivity contribution in [3.8, 4) is 11.5 Å². The molecule has 8 heteroatoms. The highest BCUT2D eigenvalue weighted by atomic mass is 19.1. The van der Waals surface area contributed by atoms with Crippen LogP contribution in [0.4, 0.5) is 4.39 Å². The van der Waals surface area contributed by atoms with E-state index in [9.17, 15) is 19.1 Å². The number of benzene rings is 1. The summed E-state index contributed by atoms with van der Waals surface area (Å²) in [5.41, 5.74) is -0.675. The Balaban J connectivity index is 2.62. The summed E-state index contributed by atoms with van der Waals surface area (Å²) in [5, 5.41) is 10.2. The molecule has 7 nitrogen and oxygen atoms in total. The van der Waals surface area contributed by atoms with Gasteiger partial charge in [-0.15, -0.1) is 0 Å². The van der Waals surface area contributed by atoms with Gasteiger partial charge in [-0.05, 0) is 11.6 Å². The summed E-state index contributed by atoms with van der Waals surface area (Å²) in [6.07, 6.45) is -0.341. The monoisotopic (exact) mass is 366 g/mol. The average molecular weight is 366 g/mol. The molecular weight excluding hydrogens is 347 g/mol. The molecule has 1 N–H and O–H groups in total. The van der Waals surface area contributed by atoms with Gasteiger partial charge in [-0.2, -0.15) is 0 Å². The van der Waals surface area contributed by atoms with E-state index in [2.05, 4.69) is 4.74 Å². The Kier molecular flexibility index (Phi) is 6.35. The van der Waals surface area contributed by atoms with Gasteiger partial charge in [0.05, 0.1) is 26.6 Å². The van der Waals surface area contributed by atoms with E-state index in [1.54, 1.807) is 0 Å². The van der Waals surface area contributed by atoms with Crippen LogP contribution in [0, 0.1) is 5.82 Å². The maximum Gasteiger partial charge on any atom is 0.306 e. The Bertz CT molecular complexity index is 844. The first kappa shape index (κ1) is 19.5. The van der Waals surface area contributed by atoms with Gasteiger partial charge >= 0.3 is 5.97 Å². The fourth-order valence-electron chi connectivity index (χ4n) is 2.52. The maximum atomic E-state index is 14.5. The van der Waals surface area contributed by atoms with Gasteiger partial charge in [0.1, 0.15) is 23.9 Å². The van der Waals surface area contributed by atoms with Crippen LogP contribution in [0.2, 0.25) is 0 Å². The number of carbonyl (C=O) groups is 1. The summed E-state index contributed by atoms with van der Waals surface area (Å²) < 4.78 is 34.6. The molecule has 0 aliphatic heterocycles. The highest BCUT2D eigenvalue weighted by Gasteiger charge is 2.29. The summed E-state index contributed by atoms with van der Waals surface area (Å²) in [6.45, 7) is -0.0292. The van der Waals surface area contributed by atoms with Crippen LogP contribution < -0.4 is 10.2 Å². The standard InChI is InChI=1S/C18H19FO7/c1-23-9-11-7-15(20)17(22)18(26-11)13(8-16(21)25-3)12-5-4-10(24-2)6-14(12)19/h4-7,13,22H,8-9H2,1-3H3/t13-/m0/s1. The molecule has 2 rings (SSSR count). The molecule has 26 heavy (non-hydrogen) atoms. The van der Waals surface area contributed by atoms with E-state index in [-0.39, 0.29) is 35.9 Å². The molecule has 1 atom stereocenters. The third-order valence-corrected chi connectivity index (χ3v) is 3.78. The molecule has 0 bridgehead atoms. The highest BCUT2D eigenvalue weighted by Crippen LogP contribution is 2.35. The number of carbonyl (C=O) groups excluding carboxylic acids is 1. The molecule has 0 unspecified atom stereocenters. The van der Waals surface area contributed by atoms with E-state index in [1.165, 1.54) is 33.5 Å². The Morgan fingerprint density at radius 1 is 1.27 bits per heavy atom. The first-order valence-electron chi connectivity index (χ1n) is 7.66. The summed E-state index contributed by atoms with van der Waals surface area (Å²) in [4.78, 5) is 23.8. The number of ether oxygens (including phenoxy) is 3. The smallest absolute Gasteiger partial charge is 0.306 e. The first-order valence-corrected chi connectivity index (χ1v) is 7.66. The van der Waals surface area contributed by atoms with Crippen molar-refractivity contribution in [3.63, 3.8) is 0 Å². The number of aromatic hydroxyl groups is 1. The third-order valence-electron chi connectivity index (χ3n) is 3.78. The average Bonchev–Trinajstić information content (AvgIpc) is 2.63. The van der Waals surface area contributed by atoms with Crippen LogP contribution in [0.25, 0.3) is 0 Å². The molecule has 0 fully saturated rings. The summed E-state index contributed by atoms with van der Waals surface area (Å²) in [7, 11) is 3.97. The molecule has 0 aliphatic rings. The normalized spacial score (nSPS) is 11.8. The van der Waals surface area contributed by atoms with Crippen molar-refractivity contribution in [2.75, 3.05) is 21.3 Å². The first-order chi connectivity index (χ1) is 12.4. The van der Waals surface area contributed by atoms with Crippen molar-refractivity contribution < 1.29 is 32.9 Å². The zero-order valence-electron chi connectivity index (χ0n) is 14.6. The van der Waals surface area contributed by atoms with Crippen molar-refractivity contribution in [2.24, 2.45) is 0 Å². The second kappa shape index (κ2) is 8.48. The zero-order valence-corrected chi connectivity index (χ0v) is 14.6. The lowest BCUT2D eigenvalue weighted by Crippen LogP contribution is -2.15. The van der Waals surface area contributed by atoms with E-state index in [0.29, 0.717) is 0 Å². The van der Waals surface area contributed by atoms with Crippen LogP contribution in [0.15, 0.2) is 33.5 Å². The summed E-state index contributed by atoms with van der Waals surface area (Å²) in [6, 6.07) is 5.09. The Labute approximate surface area is 148 Å². The quantitative estimate of drug-likeness (QED) is 0.752. The minimum absolute atomic E-state index is 0.0292. The molecule has 0 amide bonds. The third kappa shape index (κ3) is 4.20. The van der Waals surface area contributed by atoms with Crippen LogP contribution in [0.3, 0.4) is 0 Å². The molecule has 0 saturated carbocycles. The molecule has 1 aromatic heterocycles. The van der Waals surface area contributed by atoms with E-state index < -0.39 is 28.9 Å². The van der Waals surface area contributed by atoms with Gasteiger partial charge < -0.3 is 23.7 Å². The predicted molar refractivity (Wildman–Crippen MR) is 88.8 cm³/mol. The molecule has 0 spiro atoms. The van der Waals surface area contributed by atoms with Crippen LogP contribution in [-0.4, -0.2) is 32.4 Å². The van der Waals surface area contributed by atoms with E-state index in [0.717, 1.165) is 12.1 Å². The second-order valence-electron chi connectivity index (χ2n) is 5.44. The van der Waals surface area contributed by atoms with Crippen molar-refractivity contribution in [1.29, 1.82) is 0 Å². The molecule has 0 radical (unpaired) electrons. The Morgan fingerprint density at radius 2 is 2.00 bits per heavy atom. The van der Waals surface area contributed by atoms with Crippen LogP contribution in [0.1, 0.15) is 29.4 Å². The van der Waals surface area contributed by atoms with Gasteiger partial charge in [-0.1, -0.05) is 6.07 Å². The summed E-state index contributed by atoms with van der Waals surface area (Å²) >= 11 is 0. The summed E-state index contributed by atoms with van der Waals surface area (Å²) in [5.74, 6) is -2.94. The topological polar surface area (TPSA) is 95.2 Å². The highest BCUT2D eigenvalue weighted by molar-refractivity contribution is 5.71. The number of rotatable bonds is 7. The molecule has 0 saturated heterocycles. The van der Waals surface area contributed by atoms with Crippen LogP contribution in [-0.2, 0) is 20.9 Å². The maximum absolute atomic E-state index is 14.5. The fourth-order valence-corrected chi connectivity index (χ4v) is 2.52. The number of esters is 1.